The van der Waals surface area contributed by atoms with Crippen LogP contribution in [0.5, 0.6) is 0 Å². The minimum absolute atomic E-state index is 0.0860. The van der Waals surface area contributed by atoms with E-state index in [4.69, 9.17) is 4.74 Å². The maximum absolute atomic E-state index is 10.2. The second-order valence-electron chi connectivity index (χ2n) is 6.52. The summed E-state index contributed by atoms with van der Waals surface area (Å²) >= 11 is 0. The normalized spacial score (nSPS) is 35.5. The van der Waals surface area contributed by atoms with Crippen LogP contribution in [0.1, 0.15) is 25.5 Å². The van der Waals surface area contributed by atoms with E-state index in [-0.39, 0.29) is 6.04 Å². The minimum Gasteiger partial charge on any atom is -0.394 e. The van der Waals surface area contributed by atoms with Crippen LogP contribution in [0.15, 0.2) is 12.7 Å². The molecule has 0 amide bonds. The number of nitrogens with zero attached hydrogens (tertiary/aromatic N) is 4. The summed E-state index contributed by atoms with van der Waals surface area (Å²) in [5, 5.41) is 42.6. The second kappa shape index (κ2) is 6.46. The van der Waals surface area contributed by atoms with Crippen molar-refractivity contribution in [3.05, 3.63) is 12.7 Å². The first-order valence-corrected chi connectivity index (χ1v) is 8.34. The van der Waals surface area contributed by atoms with Crippen LogP contribution in [0.4, 0.5) is 5.82 Å². The molecule has 2 fully saturated rings. The molecule has 6 atom stereocenters. The van der Waals surface area contributed by atoms with Crippen LogP contribution in [-0.2, 0) is 4.74 Å². The fourth-order valence-corrected chi connectivity index (χ4v) is 3.54. The highest BCUT2D eigenvalue weighted by atomic mass is 16.6. The standard InChI is InChI=1S/C15H21N5O5/c21-4-9-11(23)12(24)15(25-9)20-6-18-10-13(16-5-17-14(10)20)19-7-2-1-3-8(7)22/h5-9,11-12,15,21-24H,1-4H2,(H,16,17,19)/t7-,8-,9+,11-,12-,15+/m0/s1. The molecule has 4 rings (SSSR count). The Morgan fingerprint density at radius 3 is 2.68 bits per heavy atom. The lowest BCUT2D eigenvalue weighted by atomic mass is 10.1. The van der Waals surface area contributed by atoms with Crippen molar-refractivity contribution in [1.29, 1.82) is 0 Å². The van der Waals surface area contributed by atoms with Crippen LogP contribution in [0.2, 0.25) is 0 Å². The topological polar surface area (TPSA) is 146 Å². The molecule has 1 saturated heterocycles. The molecule has 3 heterocycles. The number of fused-ring (bicyclic) bond motifs is 1. The maximum Gasteiger partial charge on any atom is 0.167 e. The van der Waals surface area contributed by atoms with Crippen LogP contribution in [0.25, 0.3) is 11.2 Å². The monoisotopic (exact) mass is 351 g/mol. The molecule has 1 aliphatic carbocycles. The van der Waals surface area contributed by atoms with Crippen molar-refractivity contribution < 1.29 is 25.2 Å². The van der Waals surface area contributed by atoms with Gasteiger partial charge in [-0.3, -0.25) is 4.57 Å². The number of aliphatic hydroxyl groups excluding tert-OH is 4. The minimum atomic E-state index is -1.21. The van der Waals surface area contributed by atoms with Gasteiger partial charge in [-0.05, 0) is 19.3 Å². The molecule has 2 aromatic rings. The average Bonchev–Trinajstić information content (AvgIpc) is 3.29. The summed E-state index contributed by atoms with van der Waals surface area (Å²) < 4.78 is 7.04. The van der Waals surface area contributed by atoms with E-state index in [1.54, 1.807) is 0 Å². The lowest BCUT2D eigenvalue weighted by Gasteiger charge is -2.18. The Morgan fingerprint density at radius 2 is 2.00 bits per heavy atom. The number of aromatic nitrogens is 4. The van der Waals surface area contributed by atoms with E-state index in [0.717, 1.165) is 19.3 Å². The highest BCUT2D eigenvalue weighted by molar-refractivity contribution is 5.82. The summed E-state index contributed by atoms with van der Waals surface area (Å²) in [4.78, 5) is 12.7. The molecule has 5 N–H and O–H groups in total. The zero-order valence-electron chi connectivity index (χ0n) is 13.4. The molecule has 2 aliphatic rings. The maximum atomic E-state index is 10.2. The number of hydrogen-bond donors (Lipinski definition) is 5. The third kappa shape index (κ3) is 2.75. The van der Waals surface area contributed by atoms with Crippen LogP contribution < -0.4 is 5.32 Å². The van der Waals surface area contributed by atoms with Crippen molar-refractivity contribution in [1.82, 2.24) is 19.5 Å². The van der Waals surface area contributed by atoms with Gasteiger partial charge in [-0.15, -0.1) is 0 Å². The van der Waals surface area contributed by atoms with Crippen molar-refractivity contribution in [2.24, 2.45) is 0 Å². The largest absolute Gasteiger partial charge is 0.394 e. The van der Waals surface area contributed by atoms with E-state index in [9.17, 15) is 20.4 Å². The highest BCUT2D eigenvalue weighted by Crippen LogP contribution is 2.32. The first kappa shape index (κ1) is 16.6. The Hall–Kier alpha value is -1.85. The van der Waals surface area contributed by atoms with Crippen LogP contribution in [0, 0.1) is 0 Å². The van der Waals surface area contributed by atoms with Gasteiger partial charge in [0.1, 0.15) is 24.6 Å². The van der Waals surface area contributed by atoms with Crippen LogP contribution in [-0.4, -0.2) is 77.0 Å². The van der Waals surface area contributed by atoms with Gasteiger partial charge in [0.25, 0.3) is 0 Å². The molecule has 25 heavy (non-hydrogen) atoms. The predicted molar refractivity (Wildman–Crippen MR) is 85.6 cm³/mol. The second-order valence-corrected chi connectivity index (χ2v) is 6.52. The molecule has 0 unspecified atom stereocenters. The van der Waals surface area contributed by atoms with Crippen molar-refractivity contribution in [2.75, 3.05) is 11.9 Å². The van der Waals surface area contributed by atoms with Gasteiger partial charge in [-0.25, -0.2) is 15.0 Å². The lowest BCUT2D eigenvalue weighted by molar-refractivity contribution is -0.0511. The van der Waals surface area contributed by atoms with E-state index >= 15 is 0 Å². The van der Waals surface area contributed by atoms with E-state index < -0.39 is 37.3 Å². The molecular weight excluding hydrogens is 330 g/mol. The Kier molecular flexibility index (Phi) is 4.29. The van der Waals surface area contributed by atoms with E-state index in [1.165, 1.54) is 17.2 Å². The van der Waals surface area contributed by atoms with Gasteiger partial charge in [0.05, 0.1) is 25.1 Å². The Labute approximate surface area is 143 Å². The van der Waals surface area contributed by atoms with Crippen molar-refractivity contribution in [2.45, 2.75) is 55.9 Å². The molecule has 1 aliphatic heterocycles. The van der Waals surface area contributed by atoms with Gasteiger partial charge in [0.15, 0.2) is 23.2 Å². The van der Waals surface area contributed by atoms with Gasteiger partial charge < -0.3 is 30.5 Å². The van der Waals surface area contributed by atoms with E-state index in [2.05, 4.69) is 20.3 Å². The fourth-order valence-electron chi connectivity index (χ4n) is 3.54. The molecule has 0 aromatic carbocycles. The predicted octanol–water partition coefficient (Wildman–Crippen LogP) is -1.24. The highest BCUT2D eigenvalue weighted by Gasteiger charge is 2.44. The quantitative estimate of drug-likeness (QED) is 0.456. The lowest BCUT2D eigenvalue weighted by Crippen LogP contribution is -2.33. The molecular formula is C15H21N5O5. The van der Waals surface area contributed by atoms with E-state index in [1.807, 2.05) is 0 Å². The summed E-state index contributed by atoms with van der Waals surface area (Å²) in [6.07, 6.45) is 0.768. The third-order valence-corrected chi connectivity index (χ3v) is 4.95. The zero-order chi connectivity index (χ0) is 17.6. The number of rotatable bonds is 4. The van der Waals surface area contributed by atoms with Gasteiger partial charge in [-0.1, -0.05) is 0 Å². The Bertz CT molecular complexity index is 755. The molecule has 136 valence electrons. The Balaban J connectivity index is 1.65. The van der Waals surface area contributed by atoms with Crippen LogP contribution >= 0.6 is 0 Å². The van der Waals surface area contributed by atoms with Crippen molar-refractivity contribution in [3.63, 3.8) is 0 Å². The molecule has 1 saturated carbocycles. The number of imidazole rings is 1. The van der Waals surface area contributed by atoms with Crippen molar-refractivity contribution >= 4 is 17.0 Å². The number of anilines is 1. The first-order chi connectivity index (χ1) is 12.1. The SMILES string of the molecule is OC[C@H]1O[C@@H](n2cnc3c(N[C@H]4CCC[C@@H]4O)ncnc32)[C@@H](O)[C@H]1O. The van der Waals surface area contributed by atoms with Crippen LogP contribution in [0.3, 0.4) is 0 Å². The molecule has 0 radical (unpaired) electrons. The number of aliphatic hydroxyl groups is 4. The van der Waals surface area contributed by atoms with Gasteiger partial charge in [-0.2, -0.15) is 0 Å². The zero-order valence-corrected chi connectivity index (χ0v) is 13.4. The summed E-state index contributed by atoms with van der Waals surface area (Å²) in [6.45, 7) is -0.400. The fraction of sp³-hybridized carbons (Fsp3) is 0.667. The molecule has 0 bridgehead atoms. The summed E-state index contributed by atoms with van der Waals surface area (Å²) in [6, 6.07) is -0.0860. The number of ether oxygens (including phenoxy) is 1. The van der Waals surface area contributed by atoms with Gasteiger partial charge >= 0.3 is 0 Å². The van der Waals surface area contributed by atoms with Gasteiger partial charge in [0.2, 0.25) is 0 Å². The summed E-state index contributed by atoms with van der Waals surface area (Å²) in [7, 11) is 0. The number of hydrogen-bond acceptors (Lipinski definition) is 9. The average molecular weight is 351 g/mol. The smallest absolute Gasteiger partial charge is 0.167 e. The number of nitrogens with one attached hydrogen (secondary N) is 1. The third-order valence-electron chi connectivity index (χ3n) is 4.95. The summed E-state index contributed by atoms with van der Waals surface area (Å²) in [5.41, 5.74) is 0.916. The molecule has 10 nitrogen and oxygen atoms in total. The summed E-state index contributed by atoms with van der Waals surface area (Å²) in [5.74, 6) is 0.501. The molecule has 2 aromatic heterocycles. The molecule has 10 heteroatoms. The van der Waals surface area contributed by atoms with Crippen molar-refractivity contribution in [3.8, 4) is 0 Å². The van der Waals surface area contributed by atoms with E-state index in [0.29, 0.717) is 17.0 Å². The first-order valence-electron chi connectivity index (χ1n) is 8.34. The molecule has 0 spiro atoms. The Morgan fingerprint density at radius 1 is 1.16 bits per heavy atom. The van der Waals surface area contributed by atoms with Gasteiger partial charge in [0, 0.05) is 0 Å².